The number of guanidine groups is 1. The quantitative estimate of drug-likeness (QED) is 0.459. The normalized spacial score (nSPS) is 11.5. The molecule has 0 saturated carbocycles. The van der Waals surface area contributed by atoms with E-state index in [-0.39, 0.29) is 0 Å². The second-order valence-electron chi connectivity index (χ2n) is 3.74. The molecule has 1 aromatic carbocycles. The Hall–Kier alpha value is -0.650. The summed E-state index contributed by atoms with van der Waals surface area (Å²) in [5.74, 6) is 0.885. The highest BCUT2D eigenvalue weighted by molar-refractivity contribution is 9.10. The number of nitrogens with one attached hydrogen (secondary N) is 1. The summed E-state index contributed by atoms with van der Waals surface area (Å²) >= 11 is 15.4. The third-order valence-electron chi connectivity index (χ3n) is 2.12. The van der Waals surface area contributed by atoms with Gasteiger partial charge in [-0.2, -0.15) is 0 Å². The van der Waals surface area contributed by atoms with Crippen molar-refractivity contribution in [3.05, 3.63) is 26.7 Å². The number of benzene rings is 1. The Morgan fingerprint density at radius 1 is 1.42 bits per heavy atom. The molecule has 0 heterocycles. The molecule has 3 N–H and O–H groups in total. The van der Waals surface area contributed by atoms with Crippen molar-refractivity contribution in [1.82, 2.24) is 5.32 Å². The zero-order valence-corrected chi connectivity index (χ0v) is 13.6. The third-order valence-corrected chi connectivity index (χ3v) is 3.14. The van der Waals surface area contributed by atoms with Crippen molar-refractivity contribution in [2.75, 3.05) is 19.7 Å². The summed E-state index contributed by atoms with van der Waals surface area (Å²) in [6, 6.07) is 3.46. The molecule has 0 aliphatic carbocycles. The molecule has 0 aliphatic rings. The summed E-state index contributed by atoms with van der Waals surface area (Å²) in [6.45, 7) is 3.67. The molecule has 0 spiro atoms. The van der Waals surface area contributed by atoms with Crippen molar-refractivity contribution in [3.8, 4) is 5.75 Å². The van der Waals surface area contributed by atoms with Crippen LogP contribution < -0.4 is 15.8 Å². The van der Waals surface area contributed by atoms with E-state index in [2.05, 4.69) is 26.2 Å². The van der Waals surface area contributed by atoms with Crippen molar-refractivity contribution in [2.24, 2.45) is 10.7 Å². The Morgan fingerprint density at radius 2 is 2.05 bits per heavy atom. The average Bonchev–Trinajstić information content (AvgIpc) is 2.34. The fourth-order valence-electron chi connectivity index (χ4n) is 1.29. The van der Waals surface area contributed by atoms with Crippen molar-refractivity contribution in [3.63, 3.8) is 0 Å². The molecule has 106 valence electrons. The van der Waals surface area contributed by atoms with E-state index in [0.717, 1.165) is 10.9 Å². The molecule has 1 aromatic rings. The van der Waals surface area contributed by atoms with Crippen LogP contribution in [0.1, 0.15) is 13.3 Å². The Bertz CT molecular complexity index is 432. The smallest absolute Gasteiger partial charge is 0.188 e. The Labute approximate surface area is 131 Å². The second-order valence-corrected chi connectivity index (χ2v) is 5.47. The second kappa shape index (κ2) is 8.51. The van der Waals surface area contributed by atoms with Gasteiger partial charge in [-0.15, -0.1) is 0 Å². The highest BCUT2D eigenvalue weighted by Crippen LogP contribution is 2.35. The number of halogens is 3. The van der Waals surface area contributed by atoms with Gasteiger partial charge in [-0.05, 0) is 18.6 Å². The van der Waals surface area contributed by atoms with Crippen LogP contribution in [0.2, 0.25) is 10.0 Å². The van der Waals surface area contributed by atoms with Gasteiger partial charge in [-0.1, -0.05) is 46.1 Å². The van der Waals surface area contributed by atoms with Gasteiger partial charge in [0.2, 0.25) is 0 Å². The Balaban J connectivity index is 2.42. The third kappa shape index (κ3) is 5.89. The zero-order chi connectivity index (χ0) is 14.3. The number of rotatable bonds is 6. The molecular formula is C12H16BrCl2N3O. The lowest BCUT2D eigenvalue weighted by Gasteiger charge is -2.11. The van der Waals surface area contributed by atoms with Gasteiger partial charge in [0.15, 0.2) is 11.7 Å². The number of ether oxygens (including phenoxy) is 1. The van der Waals surface area contributed by atoms with Gasteiger partial charge in [-0.25, -0.2) is 0 Å². The highest BCUT2D eigenvalue weighted by Gasteiger charge is 2.08. The lowest BCUT2D eigenvalue weighted by molar-refractivity contribution is 0.322. The van der Waals surface area contributed by atoms with Crippen molar-refractivity contribution in [1.29, 1.82) is 0 Å². The fourth-order valence-corrected chi connectivity index (χ4v) is 2.60. The predicted molar refractivity (Wildman–Crippen MR) is 84.4 cm³/mol. The maximum absolute atomic E-state index is 6.04. The number of nitrogens with two attached hydrogens (primary N) is 1. The van der Waals surface area contributed by atoms with Crippen molar-refractivity contribution < 1.29 is 4.74 Å². The summed E-state index contributed by atoms with van der Waals surface area (Å²) in [5, 5.41) is 3.87. The van der Waals surface area contributed by atoms with Gasteiger partial charge in [0.05, 0.1) is 16.6 Å². The first-order valence-electron chi connectivity index (χ1n) is 5.85. The molecule has 0 unspecified atom stereocenters. The van der Waals surface area contributed by atoms with E-state index in [1.54, 1.807) is 12.1 Å². The lowest BCUT2D eigenvalue weighted by atomic mass is 10.3. The van der Waals surface area contributed by atoms with Crippen molar-refractivity contribution >= 4 is 45.1 Å². The van der Waals surface area contributed by atoms with E-state index in [4.69, 9.17) is 33.7 Å². The van der Waals surface area contributed by atoms with Crippen LogP contribution >= 0.6 is 39.1 Å². The molecule has 0 aromatic heterocycles. The molecule has 0 saturated heterocycles. The molecule has 19 heavy (non-hydrogen) atoms. The molecule has 0 amide bonds. The summed E-state index contributed by atoms with van der Waals surface area (Å²) in [7, 11) is 0. The van der Waals surface area contributed by atoms with Gasteiger partial charge in [0, 0.05) is 11.0 Å². The van der Waals surface area contributed by atoms with Crippen LogP contribution in [0.15, 0.2) is 21.6 Å². The van der Waals surface area contributed by atoms with Crippen LogP contribution in [0, 0.1) is 0 Å². The van der Waals surface area contributed by atoms with Crippen LogP contribution in [-0.4, -0.2) is 25.7 Å². The minimum absolute atomic E-state index is 0.392. The molecule has 4 nitrogen and oxygen atoms in total. The zero-order valence-electron chi connectivity index (χ0n) is 10.5. The molecule has 0 bridgehead atoms. The molecule has 0 atom stereocenters. The van der Waals surface area contributed by atoms with Gasteiger partial charge in [0.1, 0.15) is 6.61 Å². The van der Waals surface area contributed by atoms with E-state index in [1.165, 1.54) is 0 Å². The van der Waals surface area contributed by atoms with E-state index < -0.39 is 0 Å². The minimum atomic E-state index is 0.392. The Morgan fingerprint density at radius 3 is 2.63 bits per heavy atom. The van der Waals surface area contributed by atoms with E-state index in [1.807, 2.05) is 6.92 Å². The van der Waals surface area contributed by atoms with Crippen LogP contribution in [-0.2, 0) is 0 Å². The summed E-state index contributed by atoms with van der Waals surface area (Å²) in [5.41, 5.74) is 5.64. The molecule has 1 rings (SSSR count). The first-order valence-corrected chi connectivity index (χ1v) is 7.40. The monoisotopic (exact) mass is 367 g/mol. The summed E-state index contributed by atoms with van der Waals surface area (Å²) in [6.07, 6.45) is 0.961. The van der Waals surface area contributed by atoms with E-state index in [9.17, 15) is 0 Å². The van der Waals surface area contributed by atoms with Crippen LogP contribution in [0.4, 0.5) is 0 Å². The molecule has 0 radical (unpaired) electrons. The predicted octanol–water partition coefficient (Wildman–Crippen LogP) is 3.45. The number of aliphatic imine (C=N–C) groups is 1. The lowest BCUT2D eigenvalue weighted by Crippen LogP contribution is -2.34. The van der Waals surface area contributed by atoms with Gasteiger partial charge < -0.3 is 15.8 Å². The number of hydrogen-bond donors (Lipinski definition) is 2. The van der Waals surface area contributed by atoms with Gasteiger partial charge >= 0.3 is 0 Å². The average molecular weight is 369 g/mol. The first kappa shape index (κ1) is 16.4. The number of hydrogen-bond acceptors (Lipinski definition) is 2. The Kier molecular flexibility index (Phi) is 7.34. The van der Waals surface area contributed by atoms with Crippen molar-refractivity contribution in [2.45, 2.75) is 13.3 Å². The van der Waals surface area contributed by atoms with E-state index in [0.29, 0.717) is 41.5 Å². The fraction of sp³-hybridized carbons (Fsp3) is 0.417. The minimum Gasteiger partial charge on any atom is -0.489 e. The SMILES string of the molecule is CCCN=C(N)NCCOc1c(Cl)cc(Br)cc1Cl. The molecule has 0 fully saturated rings. The van der Waals surface area contributed by atoms with Crippen LogP contribution in [0.25, 0.3) is 0 Å². The van der Waals surface area contributed by atoms with Gasteiger partial charge in [0.25, 0.3) is 0 Å². The molecule has 0 aliphatic heterocycles. The van der Waals surface area contributed by atoms with Gasteiger partial charge in [-0.3, -0.25) is 4.99 Å². The molecule has 7 heteroatoms. The number of nitrogens with zero attached hydrogens (tertiary/aromatic N) is 1. The first-order chi connectivity index (χ1) is 9.04. The maximum atomic E-state index is 6.04. The summed E-state index contributed by atoms with van der Waals surface area (Å²) in [4.78, 5) is 4.10. The standard InChI is InChI=1S/C12H16BrCl2N3O/c1-2-3-17-12(16)18-4-5-19-11-9(14)6-8(13)7-10(11)15/h6-7H,2-5H2,1H3,(H3,16,17,18). The maximum Gasteiger partial charge on any atom is 0.188 e. The highest BCUT2D eigenvalue weighted by atomic mass is 79.9. The molecular weight excluding hydrogens is 353 g/mol. The topological polar surface area (TPSA) is 59.6 Å². The van der Waals surface area contributed by atoms with Crippen LogP contribution in [0.5, 0.6) is 5.75 Å². The largest absolute Gasteiger partial charge is 0.489 e. The van der Waals surface area contributed by atoms with E-state index >= 15 is 0 Å². The van der Waals surface area contributed by atoms with Crippen LogP contribution in [0.3, 0.4) is 0 Å². The summed E-state index contributed by atoms with van der Waals surface area (Å²) < 4.78 is 6.33.